The molecule has 1 aliphatic rings. The molecule has 120 valence electrons. The van der Waals surface area contributed by atoms with Crippen molar-refractivity contribution < 1.29 is 14.3 Å². The van der Waals surface area contributed by atoms with E-state index in [1.54, 1.807) is 38.3 Å². The minimum atomic E-state index is -1.05. The highest BCUT2D eigenvalue weighted by Gasteiger charge is 2.67. The molecule has 1 atom stereocenters. The average molecular weight is 345 g/mol. The standard InChI is InChI=1S/C15H18Cl2N2O3/c1-14(9-15(14,16)17)13(21)19-11-6-4-3-5-10(11)12(20)18-7-8-22-2/h3-6H,7-9H2,1-2H3,(H,18,20)(H,19,21). The van der Waals surface area contributed by atoms with Gasteiger partial charge in [-0.15, -0.1) is 23.2 Å². The second kappa shape index (κ2) is 6.44. The van der Waals surface area contributed by atoms with Gasteiger partial charge in [-0.2, -0.15) is 0 Å². The van der Waals surface area contributed by atoms with E-state index in [2.05, 4.69) is 10.6 Å². The van der Waals surface area contributed by atoms with Gasteiger partial charge in [0.2, 0.25) is 5.91 Å². The molecule has 1 fully saturated rings. The van der Waals surface area contributed by atoms with Crippen molar-refractivity contribution in [2.24, 2.45) is 5.41 Å². The number of rotatable bonds is 6. The van der Waals surface area contributed by atoms with Gasteiger partial charge in [0.1, 0.15) is 4.33 Å². The molecule has 5 nitrogen and oxygen atoms in total. The first-order chi connectivity index (χ1) is 10.3. The molecule has 0 aliphatic heterocycles. The summed E-state index contributed by atoms with van der Waals surface area (Å²) in [5.74, 6) is -0.577. The zero-order valence-electron chi connectivity index (χ0n) is 12.4. The molecule has 22 heavy (non-hydrogen) atoms. The molecule has 0 heterocycles. The molecule has 0 saturated heterocycles. The number of carbonyl (C=O) groups excluding carboxylic acids is 2. The molecule has 7 heteroatoms. The molecule has 1 aromatic carbocycles. The van der Waals surface area contributed by atoms with Gasteiger partial charge in [0.05, 0.1) is 23.3 Å². The zero-order valence-corrected chi connectivity index (χ0v) is 13.9. The number of ether oxygens (including phenoxy) is 1. The number of methoxy groups -OCH3 is 1. The first-order valence-corrected chi connectivity index (χ1v) is 7.63. The van der Waals surface area contributed by atoms with Gasteiger partial charge in [-0.1, -0.05) is 12.1 Å². The van der Waals surface area contributed by atoms with Crippen LogP contribution in [0.1, 0.15) is 23.7 Å². The maximum atomic E-state index is 12.3. The molecule has 2 amide bonds. The molecule has 1 aliphatic carbocycles. The number of benzene rings is 1. The van der Waals surface area contributed by atoms with Gasteiger partial charge in [-0.05, 0) is 25.5 Å². The highest BCUT2D eigenvalue weighted by atomic mass is 35.5. The van der Waals surface area contributed by atoms with Crippen LogP contribution in [-0.4, -0.2) is 36.4 Å². The quantitative estimate of drug-likeness (QED) is 0.615. The van der Waals surface area contributed by atoms with E-state index in [1.807, 2.05) is 0 Å². The van der Waals surface area contributed by atoms with Crippen LogP contribution in [0.3, 0.4) is 0 Å². The number of halogens is 2. The van der Waals surface area contributed by atoms with Gasteiger partial charge < -0.3 is 15.4 Å². The minimum absolute atomic E-state index is 0.281. The number of carbonyl (C=O) groups is 2. The van der Waals surface area contributed by atoms with Crippen molar-refractivity contribution in [3.05, 3.63) is 29.8 Å². The molecule has 0 spiro atoms. The lowest BCUT2D eigenvalue weighted by Crippen LogP contribution is -2.30. The van der Waals surface area contributed by atoms with Gasteiger partial charge in [0, 0.05) is 13.7 Å². The third-order valence-electron chi connectivity index (χ3n) is 3.77. The fraction of sp³-hybridized carbons (Fsp3) is 0.467. The summed E-state index contributed by atoms with van der Waals surface area (Å²) >= 11 is 12.0. The fourth-order valence-corrected chi connectivity index (χ4v) is 2.76. The van der Waals surface area contributed by atoms with Gasteiger partial charge in [-0.3, -0.25) is 9.59 Å². The number of hydrogen-bond donors (Lipinski definition) is 2. The van der Waals surface area contributed by atoms with E-state index in [0.717, 1.165) is 0 Å². The Morgan fingerprint density at radius 3 is 2.55 bits per heavy atom. The van der Waals surface area contributed by atoms with E-state index in [0.29, 0.717) is 30.8 Å². The van der Waals surface area contributed by atoms with E-state index in [4.69, 9.17) is 27.9 Å². The SMILES string of the molecule is COCCNC(=O)c1ccccc1NC(=O)C1(C)CC1(Cl)Cl. The van der Waals surface area contributed by atoms with Gasteiger partial charge >= 0.3 is 0 Å². The highest BCUT2D eigenvalue weighted by Crippen LogP contribution is 2.64. The summed E-state index contributed by atoms with van der Waals surface area (Å²) in [4.78, 5) is 24.5. The first-order valence-electron chi connectivity index (χ1n) is 6.87. The van der Waals surface area contributed by atoms with Crippen LogP contribution in [0.15, 0.2) is 24.3 Å². The molecule has 1 aromatic rings. The van der Waals surface area contributed by atoms with Gasteiger partial charge in [-0.25, -0.2) is 0 Å². The predicted octanol–water partition coefficient (Wildman–Crippen LogP) is 2.59. The third kappa shape index (κ3) is 3.37. The Morgan fingerprint density at radius 2 is 1.95 bits per heavy atom. The molecule has 2 rings (SSSR count). The molecule has 0 bridgehead atoms. The van der Waals surface area contributed by atoms with Crippen LogP contribution in [0, 0.1) is 5.41 Å². The van der Waals surface area contributed by atoms with Crippen LogP contribution >= 0.6 is 23.2 Å². The van der Waals surface area contributed by atoms with Crippen LogP contribution < -0.4 is 10.6 Å². The van der Waals surface area contributed by atoms with E-state index in [-0.39, 0.29) is 11.8 Å². The van der Waals surface area contributed by atoms with Crippen molar-refractivity contribution in [3.8, 4) is 0 Å². The van der Waals surface area contributed by atoms with Crippen molar-refractivity contribution >= 4 is 40.7 Å². The van der Waals surface area contributed by atoms with Gasteiger partial charge in [0.15, 0.2) is 0 Å². The van der Waals surface area contributed by atoms with Crippen LogP contribution in [0.4, 0.5) is 5.69 Å². The van der Waals surface area contributed by atoms with E-state index >= 15 is 0 Å². The third-order valence-corrected chi connectivity index (χ3v) is 4.87. The Labute approximate surface area is 139 Å². The summed E-state index contributed by atoms with van der Waals surface area (Å²) in [6, 6.07) is 6.78. The average Bonchev–Trinajstić information content (AvgIpc) is 3.00. The Hall–Kier alpha value is -1.30. The predicted molar refractivity (Wildman–Crippen MR) is 86.4 cm³/mol. The summed E-state index contributed by atoms with van der Waals surface area (Å²) < 4.78 is 3.84. The smallest absolute Gasteiger partial charge is 0.253 e. The van der Waals surface area contributed by atoms with Crippen molar-refractivity contribution in [3.63, 3.8) is 0 Å². The highest BCUT2D eigenvalue weighted by molar-refractivity contribution is 6.53. The van der Waals surface area contributed by atoms with E-state index < -0.39 is 9.75 Å². The van der Waals surface area contributed by atoms with E-state index in [1.165, 1.54) is 0 Å². The van der Waals surface area contributed by atoms with Crippen LogP contribution in [0.2, 0.25) is 0 Å². The van der Waals surface area contributed by atoms with E-state index in [9.17, 15) is 9.59 Å². The lowest BCUT2D eigenvalue weighted by atomic mass is 10.1. The largest absolute Gasteiger partial charge is 0.383 e. The van der Waals surface area contributed by atoms with Crippen molar-refractivity contribution in [2.75, 3.05) is 25.6 Å². The Kier molecular flexibility index (Phi) is 5.00. The van der Waals surface area contributed by atoms with Crippen molar-refractivity contribution in [2.45, 2.75) is 17.7 Å². The molecule has 1 unspecified atom stereocenters. The second-order valence-electron chi connectivity index (χ2n) is 5.46. The molecule has 1 saturated carbocycles. The van der Waals surface area contributed by atoms with Crippen LogP contribution in [0.5, 0.6) is 0 Å². The van der Waals surface area contributed by atoms with Crippen LogP contribution in [-0.2, 0) is 9.53 Å². The first kappa shape index (κ1) is 17.1. The number of anilines is 1. The van der Waals surface area contributed by atoms with Crippen molar-refractivity contribution in [1.29, 1.82) is 0 Å². The Bertz CT molecular complexity index is 592. The topological polar surface area (TPSA) is 67.4 Å². The number of para-hydroxylation sites is 1. The minimum Gasteiger partial charge on any atom is -0.383 e. The fourth-order valence-electron chi connectivity index (χ4n) is 2.06. The second-order valence-corrected chi connectivity index (χ2v) is 6.95. The molecule has 2 N–H and O–H groups in total. The molecule has 0 radical (unpaired) electrons. The number of alkyl halides is 2. The molecule has 0 aromatic heterocycles. The lowest BCUT2D eigenvalue weighted by molar-refractivity contribution is -0.120. The number of nitrogens with one attached hydrogen (secondary N) is 2. The molecular formula is C15H18Cl2N2O3. The summed E-state index contributed by atoms with van der Waals surface area (Å²) in [5.41, 5.74) is -0.0268. The normalized spacial score (nSPS) is 22.0. The maximum Gasteiger partial charge on any atom is 0.253 e. The van der Waals surface area contributed by atoms with Crippen LogP contribution in [0.25, 0.3) is 0 Å². The summed E-state index contributed by atoms with van der Waals surface area (Å²) in [5, 5.41) is 5.46. The number of amides is 2. The zero-order chi connectivity index (χ0) is 16.4. The monoisotopic (exact) mass is 344 g/mol. The lowest BCUT2D eigenvalue weighted by Gasteiger charge is -2.15. The maximum absolute atomic E-state index is 12.3. The summed E-state index contributed by atoms with van der Waals surface area (Å²) in [6.45, 7) is 2.50. The summed E-state index contributed by atoms with van der Waals surface area (Å²) in [7, 11) is 1.56. The van der Waals surface area contributed by atoms with Gasteiger partial charge in [0.25, 0.3) is 5.91 Å². The number of hydrogen-bond acceptors (Lipinski definition) is 3. The Balaban J connectivity index is 2.09. The summed E-state index contributed by atoms with van der Waals surface area (Å²) in [6.07, 6.45) is 0.386. The Morgan fingerprint density at radius 1 is 1.32 bits per heavy atom. The molecular weight excluding hydrogens is 327 g/mol. The van der Waals surface area contributed by atoms with Crippen molar-refractivity contribution in [1.82, 2.24) is 5.32 Å².